The van der Waals surface area contributed by atoms with Crippen molar-refractivity contribution in [2.24, 2.45) is 5.92 Å². The van der Waals surface area contributed by atoms with E-state index in [4.69, 9.17) is 0 Å². The Kier molecular flexibility index (Phi) is 4.29. The van der Waals surface area contributed by atoms with Crippen LogP contribution in [0.1, 0.15) is 52.9 Å². The Morgan fingerprint density at radius 3 is 2.56 bits per heavy atom. The molecule has 2 rings (SSSR count). The van der Waals surface area contributed by atoms with Gasteiger partial charge in [-0.1, -0.05) is 20.8 Å². The summed E-state index contributed by atoms with van der Waals surface area (Å²) in [6, 6.07) is 3.98. The highest BCUT2D eigenvalue weighted by molar-refractivity contribution is 5.14. The van der Waals surface area contributed by atoms with Crippen LogP contribution in [0.25, 0.3) is 0 Å². The molecule has 18 heavy (non-hydrogen) atoms. The van der Waals surface area contributed by atoms with Crippen molar-refractivity contribution < 1.29 is 0 Å². The van der Waals surface area contributed by atoms with Crippen LogP contribution in [-0.4, -0.2) is 35.6 Å². The molecular formula is C15H27N3. The van der Waals surface area contributed by atoms with E-state index >= 15 is 0 Å². The lowest BCUT2D eigenvalue weighted by Crippen LogP contribution is -2.45. The van der Waals surface area contributed by atoms with Crippen molar-refractivity contribution in [3.8, 4) is 6.07 Å². The molecule has 2 atom stereocenters. The third-order valence-corrected chi connectivity index (χ3v) is 4.28. The van der Waals surface area contributed by atoms with Crippen LogP contribution in [0, 0.1) is 17.2 Å². The minimum atomic E-state index is -0.246. The van der Waals surface area contributed by atoms with Gasteiger partial charge in [-0.05, 0) is 44.6 Å². The molecule has 1 N–H and O–H groups in total. The summed E-state index contributed by atoms with van der Waals surface area (Å²) in [4.78, 5) is 2.70. The predicted molar refractivity (Wildman–Crippen MR) is 74.2 cm³/mol. The van der Waals surface area contributed by atoms with Crippen LogP contribution in [-0.2, 0) is 0 Å². The van der Waals surface area contributed by atoms with E-state index in [1.54, 1.807) is 0 Å². The maximum atomic E-state index is 9.45. The highest BCUT2D eigenvalue weighted by atomic mass is 15.2. The van der Waals surface area contributed by atoms with E-state index in [0.717, 1.165) is 31.3 Å². The average molecular weight is 249 g/mol. The quantitative estimate of drug-likeness (QED) is 0.786. The van der Waals surface area contributed by atoms with E-state index < -0.39 is 0 Å². The minimum Gasteiger partial charge on any atom is -0.300 e. The van der Waals surface area contributed by atoms with Crippen LogP contribution >= 0.6 is 0 Å². The zero-order chi connectivity index (χ0) is 13.2. The number of nitrogens with one attached hydrogen (secondary N) is 1. The fourth-order valence-electron chi connectivity index (χ4n) is 3.37. The number of nitriles is 1. The van der Waals surface area contributed by atoms with E-state index in [0.29, 0.717) is 6.04 Å². The van der Waals surface area contributed by atoms with Gasteiger partial charge in [-0.2, -0.15) is 5.26 Å². The van der Waals surface area contributed by atoms with Crippen LogP contribution < -0.4 is 5.32 Å². The van der Waals surface area contributed by atoms with Gasteiger partial charge in [0.1, 0.15) is 5.54 Å². The van der Waals surface area contributed by atoms with Gasteiger partial charge in [0.05, 0.1) is 6.07 Å². The zero-order valence-electron chi connectivity index (χ0n) is 12.1. The summed E-state index contributed by atoms with van der Waals surface area (Å²) < 4.78 is 0. The zero-order valence-corrected chi connectivity index (χ0v) is 12.1. The molecule has 0 aromatic rings. The molecule has 0 amide bonds. The van der Waals surface area contributed by atoms with Gasteiger partial charge in [-0.25, -0.2) is 0 Å². The Hall–Kier alpha value is -0.590. The highest BCUT2D eigenvalue weighted by Gasteiger charge is 2.44. The molecule has 2 aliphatic rings. The van der Waals surface area contributed by atoms with Gasteiger partial charge in [0.2, 0.25) is 0 Å². The molecule has 0 spiro atoms. The van der Waals surface area contributed by atoms with Crippen molar-refractivity contribution in [2.75, 3.05) is 13.1 Å². The Balaban J connectivity index is 1.99. The maximum absolute atomic E-state index is 9.45. The van der Waals surface area contributed by atoms with Gasteiger partial charge in [0.25, 0.3) is 0 Å². The summed E-state index contributed by atoms with van der Waals surface area (Å²) in [5, 5.41) is 12.9. The molecule has 2 fully saturated rings. The van der Waals surface area contributed by atoms with E-state index in [2.05, 4.69) is 37.1 Å². The van der Waals surface area contributed by atoms with Crippen molar-refractivity contribution in [3.05, 3.63) is 0 Å². The molecule has 3 nitrogen and oxygen atoms in total. The predicted octanol–water partition coefficient (Wildman–Crippen LogP) is 2.53. The summed E-state index contributed by atoms with van der Waals surface area (Å²) >= 11 is 0. The molecule has 0 saturated heterocycles. The number of hydrogen-bond donors (Lipinski definition) is 1. The number of hydrogen-bond acceptors (Lipinski definition) is 3. The van der Waals surface area contributed by atoms with E-state index in [1.807, 2.05) is 0 Å². The van der Waals surface area contributed by atoms with Crippen molar-refractivity contribution in [1.82, 2.24) is 10.2 Å². The Bertz CT molecular complexity index is 316. The van der Waals surface area contributed by atoms with Crippen LogP contribution in [0.4, 0.5) is 0 Å². The third kappa shape index (κ3) is 3.05. The van der Waals surface area contributed by atoms with Gasteiger partial charge in [-0.15, -0.1) is 0 Å². The Morgan fingerprint density at radius 2 is 2.06 bits per heavy atom. The first-order valence-electron chi connectivity index (χ1n) is 7.52. The van der Waals surface area contributed by atoms with Crippen molar-refractivity contribution in [3.63, 3.8) is 0 Å². The first-order chi connectivity index (χ1) is 8.60. The first kappa shape index (κ1) is 13.8. The fourth-order valence-corrected chi connectivity index (χ4v) is 3.37. The van der Waals surface area contributed by atoms with E-state index in [-0.39, 0.29) is 5.54 Å². The molecule has 2 saturated carbocycles. The lowest BCUT2D eigenvalue weighted by molar-refractivity contribution is 0.162. The largest absolute Gasteiger partial charge is 0.300 e. The van der Waals surface area contributed by atoms with Gasteiger partial charge in [0, 0.05) is 18.6 Å². The van der Waals surface area contributed by atoms with Crippen LogP contribution in [0.3, 0.4) is 0 Å². The van der Waals surface area contributed by atoms with Gasteiger partial charge in [-0.3, -0.25) is 10.2 Å². The Morgan fingerprint density at radius 1 is 1.33 bits per heavy atom. The third-order valence-electron chi connectivity index (χ3n) is 4.28. The fraction of sp³-hybridized carbons (Fsp3) is 0.933. The van der Waals surface area contributed by atoms with Crippen LogP contribution in [0.15, 0.2) is 0 Å². The Labute approximate surface area is 112 Å². The standard InChI is InChI=1S/C15H27N3/c1-4-17-15(11-16)8-7-14(9-15)18(10-12(2)3)13-5-6-13/h12-14,17H,4-10H2,1-3H3. The average Bonchev–Trinajstić information content (AvgIpc) is 3.08. The molecule has 0 bridgehead atoms. The van der Waals surface area contributed by atoms with Gasteiger partial charge in [0.15, 0.2) is 0 Å². The van der Waals surface area contributed by atoms with Crippen LogP contribution in [0.5, 0.6) is 0 Å². The molecule has 2 unspecified atom stereocenters. The lowest BCUT2D eigenvalue weighted by Gasteiger charge is -2.31. The SMILES string of the molecule is CCNC1(C#N)CCC(N(CC(C)C)C2CC2)C1. The summed E-state index contributed by atoms with van der Waals surface area (Å²) in [5.74, 6) is 0.724. The summed E-state index contributed by atoms with van der Waals surface area (Å²) in [6.45, 7) is 8.79. The molecular weight excluding hydrogens is 222 g/mol. The molecule has 0 heterocycles. The second-order valence-corrected chi connectivity index (χ2v) is 6.44. The minimum absolute atomic E-state index is 0.246. The molecule has 3 heteroatoms. The summed E-state index contributed by atoms with van der Waals surface area (Å²) in [7, 11) is 0. The molecule has 0 radical (unpaired) electrons. The molecule has 0 aromatic carbocycles. The smallest absolute Gasteiger partial charge is 0.108 e. The van der Waals surface area contributed by atoms with E-state index in [9.17, 15) is 5.26 Å². The first-order valence-corrected chi connectivity index (χ1v) is 7.52. The summed E-state index contributed by atoms with van der Waals surface area (Å²) in [5.41, 5.74) is -0.246. The molecule has 2 aliphatic carbocycles. The van der Waals surface area contributed by atoms with E-state index in [1.165, 1.54) is 25.8 Å². The normalized spacial score (nSPS) is 32.1. The second-order valence-electron chi connectivity index (χ2n) is 6.44. The number of rotatable bonds is 6. The van der Waals surface area contributed by atoms with Crippen molar-refractivity contribution in [2.45, 2.75) is 70.5 Å². The monoisotopic (exact) mass is 249 g/mol. The molecule has 0 aromatic heterocycles. The van der Waals surface area contributed by atoms with Crippen molar-refractivity contribution in [1.29, 1.82) is 5.26 Å². The maximum Gasteiger partial charge on any atom is 0.108 e. The topological polar surface area (TPSA) is 39.1 Å². The summed E-state index contributed by atoms with van der Waals surface area (Å²) in [6.07, 6.45) is 5.95. The molecule has 0 aliphatic heterocycles. The lowest BCUT2D eigenvalue weighted by atomic mass is 9.99. The highest BCUT2D eigenvalue weighted by Crippen LogP contribution is 2.38. The van der Waals surface area contributed by atoms with Gasteiger partial charge < -0.3 is 0 Å². The molecule has 102 valence electrons. The van der Waals surface area contributed by atoms with Crippen LogP contribution in [0.2, 0.25) is 0 Å². The van der Waals surface area contributed by atoms with Crippen molar-refractivity contribution >= 4 is 0 Å². The second kappa shape index (κ2) is 5.59. The van der Waals surface area contributed by atoms with Gasteiger partial charge >= 0.3 is 0 Å². The number of nitrogens with zero attached hydrogens (tertiary/aromatic N) is 2.